The van der Waals surface area contributed by atoms with Crippen molar-refractivity contribution in [3.8, 4) is 11.1 Å². The SMILES string of the molecule is CP(=O)(O)CCC/C=C\CC1C(NS(=O)(=O)c2ccc(-c3ccccc3)cc2)C2CC[C@@H]1C2. The summed E-state index contributed by atoms with van der Waals surface area (Å²) < 4.78 is 40.8. The van der Waals surface area contributed by atoms with Gasteiger partial charge in [0.15, 0.2) is 7.37 Å². The minimum atomic E-state index is -3.59. The van der Waals surface area contributed by atoms with Crippen molar-refractivity contribution in [2.75, 3.05) is 12.8 Å². The van der Waals surface area contributed by atoms with Crippen LogP contribution in [-0.4, -0.2) is 32.2 Å². The highest BCUT2D eigenvalue weighted by molar-refractivity contribution is 7.89. The summed E-state index contributed by atoms with van der Waals surface area (Å²) in [5.41, 5.74) is 2.06. The zero-order valence-electron chi connectivity index (χ0n) is 19.1. The zero-order valence-corrected chi connectivity index (χ0v) is 20.8. The van der Waals surface area contributed by atoms with Gasteiger partial charge in [0, 0.05) is 18.9 Å². The van der Waals surface area contributed by atoms with Gasteiger partial charge in [0.2, 0.25) is 10.0 Å². The fourth-order valence-electron chi connectivity index (χ4n) is 5.51. The minimum Gasteiger partial charge on any atom is -0.344 e. The maximum absolute atomic E-state index is 13.2. The molecule has 33 heavy (non-hydrogen) atoms. The molecule has 0 aliphatic heterocycles. The summed E-state index contributed by atoms with van der Waals surface area (Å²) >= 11 is 0. The quantitative estimate of drug-likeness (QED) is 0.257. The lowest BCUT2D eigenvalue weighted by molar-refractivity contribution is 0.274. The molecule has 0 aromatic heterocycles. The van der Waals surface area contributed by atoms with Crippen molar-refractivity contribution in [2.45, 2.75) is 49.5 Å². The summed E-state index contributed by atoms with van der Waals surface area (Å²) in [6, 6.07) is 17.0. The summed E-state index contributed by atoms with van der Waals surface area (Å²) in [4.78, 5) is 9.71. The van der Waals surface area contributed by atoms with Crippen LogP contribution in [0.1, 0.15) is 38.5 Å². The smallest absolute Gasteiger partial charge is 0.240 e. The molecule has 7 heteroatoms. The van der Waals surface area contributed by atoms with Crippen molar-refractivity contribution in [1.82, 2.24) is 4.72 Å². The van der Waals surface area contributed by atoms with Crippen molar-refractivity contribution in [2.24, 2.45) is 17.8 Å². The number of rotatable bonds is 10. The summed E-state index contributed by atoms with van der Waals surface area (Å²) in [6.45, 7) is 1.40. The predicted molar refractivity (Wildman–Crippen MR) is 134 cm³/mol. The molecule has 0 radical (unpaired) electrons. The predicted octanol–water partition coefficient (Wildman–Crippen LogP) is 5.67. The van der Waals surface area contributed by atoms with E-state index in [0.717, 1.165) is 36.8 Å². The Morgan fingerprint density at radius 3 is 2.36 bits per heavy atom. The van der Waals surface area contributed by atoms with E-state index in [1.54, 1.807) is 12.1 Å². The Morgan fingerprint density at radius 2 is 1.67 bits per heavy atom. The van der Waals surface area contributed by atoms with E-state index < -0.39 is 17.4 Å². The maximum Gasteiger partial charge on any atom is 0.240 e. The molecule has 5 atom stereocenters. The van der Waals surface area contributed by atoms with Crippen LogP contribution in [-0.2, 0) is 14.6 Å². The number of sulfonamides is 1. The van der Waals surface area contributed by atoms with Crippen LogP contribution < -0.4 is 4.72 Å². The second-order valence-electron chi connectivity index (χ2n) is 9.66. The number of benzene rings is 2. The van der Waals surface area contributed by atoms with Crippen molar-refractivity contribution in [1.29, 1.82) is 0 Å². The topological polar surface area (TPSA) is 83.5 Å². The maximum atomic E-state index is 13.2. The summed E-state index contributed by atoms with van der Waals surface area (Å²) in [7, 11) is -6.52. The standard InChI is InChI=1S/C26H34NO4PS/c1-32(28,29)18-8-3-2-7-11-25-22-12-13-23(19-22)26(25)27-33(30,31)24-16-14-21(15-17-24)20-9-5-4-6-10-20/h2,4-7,9-10,14-17,22-23,25-27H,3,8,11-13,18-19H2,1H3,(H,28,29)/b7-2-/t22-,23?,25?,26?/m1/s1. The Labute approximate surface area is 197 Å². The normalized spacial score (nSPS) is 26.6. The van der Waals surface area contributed by atoms with Gasteiger partial charge >= 0.3 is 0 Å². The van der Waals surface area contributed by atoms with Gasteiger partial charge in [-0.05, 0) is 79.5 Å². The fraction of sp³-hybridized carbons (Fsp3) is 0.462. The van der Waals surface area contributed by atoms with Gasteiger partial charge in [-0.2, -0.15) is 0 Å². The van der Waals surface area contributed by atoms with Gasteiger partial charge in [-0.3, -0.25) is 4.57 Å². The van der Waals surface area contributed by atoms with Crippen LogP contribution >= 0.6 is 7.37 Å². The number of nitrogens with one attached hydrogen (secondary N) is 1. The highest BCUT2D eigenvalue weighted by Gasteiger charge is 2.48. The van der Waals surface area contributed by atoms with E-state index in [9.17, 15) is 17.9 Å². The van der Waals surface area contributed by atoms with Gasteiger partial charge in [-0.1, -0.05) is 54.6 Å². The Kier molecular flexibility index (Phi) is 7.59. The molecule has 2 aliphatic carbocycles. The number of hydrogen-bond acceptors (Lipinski definition) is 3. The molecule has 0 amide bonds. The van der Waals surface area contributed by atoms with Gasteiger partial charge in [0.1, 0.15) is 0 Å². The van der Waals surface area contributed by atoms with Gasteiger partial charge in [0.05, 0.1) is 4.90 Å². The molecule has 0 spiro atoms. The highest BCUT2D eigenvalue weighted by atomic mass is 32.2. The molecule has 2 fully saturated rings. The summed E-state index contributed by atoms with van der Waals surface area (Å²) in [5, 5.41) is 0. The second-order valence-corrected chi connectivity index (χ2v) is 13.9. The first-order valence-electron chi connectivity index (χ1n) is 11.8. The zero-order chi connectivity index (χ0) is 23.5. The first-order chi connectivity index (χ1) is 15.7. The van der Waals surface area contributed by atoms with Crippen LogP contribution in [0, 0.1) is 17.8 Å². The molecule has 5 nitrogen and oxygen atoms in total. The number of fused-ring (bicyclic) bond motifs is 2. The van der Waals surface area contributed by atoms with Gasteiger partial charge in [-0.25, -0.2) is 13.1 Å². The lowest BCUT2D eigenvalue weighted by Gasteiger charge is -2.31. The molecule has 2 N–H and O–H groups in total. The fourth-order valence-corrected chi connectivity index (χ4v) is 7.64. The van der Waals surface area contributed by atoms with Crippen LogP contribution in [0.3, 0.4) is 0 Å². The molecule has 2 saturated carbocycles. The molecular weight excluding hydrogens is 453 g/mol. The molecular formula is C26H34NO4PS. The highest BCUT2D eigenvalue weighted by Crippen LogP contribution is 2.50. The Morgan fingerprint density at radius 1 is 1.00 bits per heavy atom. The van der Waals surface area contributed by atoms with Crippen LogP contribution in [0.2, 0.25) is 0 Å². The monoisotopic (exact) mass is 487 g/mol. The molecule has 2 aliphatic rings. The molecule has 2 bridgehead atoms. The lowest BCUT2D eigenvalue weighted by Crippen LogP contribution is -2.43. The lowest BCUT2D eigenvalue weighted by atomic mass is 9.83. The van der Waals surface area contributed by atoms with E-state index in [-0.39, 0.29) is 6.04 Å². The Hall–Kier alpha value is -1.72. The first-order valence-corrected chi connectivity index (χ1v) is 15.6. The van der Waals surface area contributed by atoms with E-state index in [2.05, 4.69) is 16.9 Å². The third kappa shape index (κ3) is 6.24. The second kappa shape index (κ2) is 10.3. The van der Waals surface area contributed by atoms with E-state index in [1.165, 1.54) is 13.1 Å². The molecule has 2 aromatic carbocycles. The molecule has 178 valence electrons. The molecule has 2 aromatic rings. The van der Waals surface area contributed by atoms with Crippen molar-refractivity contribution >= 4 is 17.4 Å². The Bertz CT molecular complexity index is 1110. The van der Waals surface area contributed by atoms with E-state index in [0.29, 0.717) is 35.2 Å². The van der Waals surface area contributed by atoms with Gasteiger partial charge < -0.3 is 4.89 Å². The van der Waals surface area contributed by atoms with Crippen LogP contribution in [0.15, 0.2) is 71.6 Å². The van der Waals surface area contributed by atoms with Crippen molar-refractivity contribution in [3.05, 3.63) is 66.7 Å². The van der Waals surface area contributed by atoms with Crippen LogP contribution in [0.25, 0.3) is 11.1 Å². The van der Waals surface area contributed by atoms with E-state index in [1.807, 2.05) is 42.5 Å². The average molecular weight is 488 g/mol. The molecule has 0 heterocycles. The first kappa shape index (κ1) is 24.4. The van der Waals surface area contributed by atoms with Crippen molar-refractivity contribution in [3.63, 3.8) is 0 Å². The van der Waals surface area contributed by atoms with Gasteiger partial charge in [-0.15, -0.1) is 0 Å². The summed E-state index contributed by atoms with van der Waals surface area (Å²) in [5.74, 6) is 1.29. The largest absolute Gasteiger partial charge is 0.344 e. The van der Waals surface area contributed by atoms with E-state index >= 15 is 0 Å². The average Bonchev–Trinajstić information content (AvgIpc) is 3.38. The van der Waals surface area contributed by atoms with E-state index in [4.69, 9.17) is 0 Å². The van der Waals surface area contributed by atoms with Gasteiger partial charge in [0.25, 0.3) is 0 Å². The molecule has 4 rings (SSSR count). The van der Waals surface area contributed by atoms with Crippen molar-refractivity contribution < 1.29 is 17.9 Å². The minimum absolute atomic E-state index is 0.0273. The molecule has 0 saturated heterocycles. The Balaban J connectivity index is 1.39. The number of hydrogen-bond donors (Lipinski definition) is 2. The summed E-state index contributed by atoms with van der Waals surface area (Å²) in [6.07, 6.45) is 10.3. The van der Waals surface area contributed by atoms with Crippen LogP contribution in [0.4, 0.5) is 0 Å². The molecule has 4 unspecified atom stereocenters. The number of unbranched alkanes of at least 4 members (excludes halogenated alkanes) is 1. The van der Waals surface area contributed by atoms with Crippen LogP contribution in [0.5, 0.6) is 0 Å². The number of allylic oxidation sites excluding steroid dienone is 2. The third-order valence-corrected chi connectivity index (χ3v) is 9.79. The third-order valence-electron chi connectivity index (χ3n) is 7.17.